The van der Waals surface area contributed by atoms with E-state index in [1.807, 2.05) is 83.9 Å². The van der Waals surface area contributed by atoms with Crippen LogP contribution in [-0.4, -0.2) is 17.8 Å². The lowest BCUT2D eigenvalue weighted by molar-refractivity contribution is 0.255. The van der Waals surface area contributed by atoms with Gasteiger partial charge in [0.1, 0.15) is 24.8 Å². The van der Waals surface area contributed by atoms with Gasteiger partial charge in [0.15, 0.2) is 11.5 Å². The zero-order valence-corrected chi connectivity index (χ0v) is 22.9. The molecule has 0 fully saturated rings. The van der Waals surface area contributed by atoms with E-state index < -0.39 is 0 Å². The summed E-state index contributed by atoms with van der Waals surface area (Å²) in [6, 6.07) is 40.3. The van der Waals surface area contributed by atoms with Gasteiger partial charge in [0.05, 0.1) is 18.9 Å². The van der Waals surface area contributed by atoms with Crippen molar-refractivity contribution in [2.24, 2.45) is 5.10 Å². The predicted octanol–water partition coefficient (Wildman–Crippen LogP) is 7.60. The lowest BCUT2D eigenvalue weighted by Crippen LogP contribution is -2.19. The monoisotopic (exact) mass is 541 g/mol. The smallest absolute Gasteiger partial charge is 0.162 e. The minimum absolute atomic E-state index is 0.0756. The van der Waals surface area contributed by atoms with Crippen LogP contribution in [0.15, 0.2) is 133 Å². The van der Waals surface area contributed by atoms with Gasteiger partial charge in [-0.2, -0.15) is 5.10 Å². The molecular formula is C35H31N3O3. The van der Waals surface area contributed by atoms with Crippen molar-refractivity contribution in [2.45, 2.75) is 25.7 Å². The fraction of sp³-hybridized carbons (Fsp3) is 0.143. The fourth-order valence-electron chi connectivity index (χ4n) is 4.88. The summed E-state index contributed by atoms with van der Waals surface area (Å²) in [6.45, 7) is 0.890. The average Bonchev–Trinajstić information content (AvgIpc) is 3.50. The van der Waals surface area contributed by atoms with Crippen LogP contribution in [0.5, 0.6) is 17.2 Å². The summed E-state index contributed by atoms with van der Waals surface area (Å²) in [5.74, 6) is 2.98. The Hall–Kier alpha value is -5.10. The van der Waals surface area contributed by atoms with E-state index in [2.05, 4.69) is 47.4 Å². The Morgan fingerprint density at radius 1 is 0.707 bits per heavy atom. The Kier molecular flexibility index (Phi) is 7.90. The van der Waals surface area contributed by atoms with Gasteiger partial charge in [0, 0.05) is 18.2 Å². The number of nitrogens with zero attached hydrogens (tertiary/aromatic N) is 3. The van der Waals surface area contributed by atoms with E-state index in [0.717, 1.165) is 39.5 Å². The Labute approximate surface area is 240 Å². The molecule has 0 amide bonds. The lowest BCUT2D eigenvalue weighted by atomic mass is 9.98. The quantitative estimate of drug-likeness (QED) is 0.182. The summed E-state index contributed by atoms with van der Waals surface area (Å²) in [5.41, 5.74) is 5.24. The van der Waals surface area contributed by atoms with Crippen molar-refractivity contribution in [1.29, 1.82) is 0 Å². The first-order valence-corrected chi connectivity index (χ1v) is 13.7. The van der Waals surface area contributed by atoms with Crippen LogP contribution >= 0.6 is 0 Å². The first-order chi connectivity index (χ1) is 20.3. The van der Waals surface area contributed by atoms with E-state index >= 15 is 0 Å². The number of rotatable bonds is 10. The minimum atomic E-state index is -0.0756. The Bertz CT molecular complexity index is 1610. The van der Waals surface area contributed by atoms with Gasteiger partial charge in [-0.15, -0.1) is 0 Å². The third-order valence-electron chi connectivity index (χ3n) is 7.02. The minimum Gasteiger partial charge on any atom is -0.497 e. The number of aromatic nitrogens is 1. The molecule has 6 heteroatoms. The first kappa shape index (κ1) is 26.1. The van der Waals surface area contributed by atoms with Crippen molar-refractivity contribution in [3.63, 3.8) is 0 Å². The van der Waals surface area contributed by atoms with Crippen molar-refractivity contribution in [3.8, 4) is 17.2 Å². The van der Waals surface area contributed by atoms with Gasteiger partial charge in [0.2, 0.25) is 0 Å². The largest absolute Gasteiger partial charge is 0.497 e. The lowest BCUT2D eigenvalue weighted by Gasteiger charge is -2.24. The van der Waals surface area contributed by atoms with Crippen molar-refractivity contribution in [2.75, 3.05) is 12.1 Å². The Morgan fingerprint density at radius 3 is 2.10 bits per heavy atom. The van der Waals surface area contributed by atoms with Crippen LogP contribution in [0.2, 0.25) is 0 Å². The predicted molar refractivity (Wildman–Crippen MR) is 162 cm³/mol. The number of hydrogen-bond donors (Lipinski definition) is 0. The molecule has 0 saturated carbocycles. The van der Waals surface area contributed by atoms with Crippen molar-refractivity contribution in [1.82, 2.24) is 4.98 Å². The van der Waals surface area contributed by atoms with E-state index in [1.165, 1.54) is 0 Å². The summed E-state index contributed by atoms with van der Waals surface area (Å²) in [6.07, 6.45) is 2.49. The van der Waals surface area contributed by atoms with Gasteiger partial charge in [-0.25, -0.2) is 9.99 Å². The van der Waals surface area contributed by atoms with Gasteiger partial charge in [-0.05, 0) is 53.1 Å². The molecule has 1 aromatic heterocycles. The molecule has 5 aromatic rings. The van der Waals surface area contributed by atoms with E-state index in [9.17, 15) is 0 Å². The number of methoxy groups -OCH3 is 1. The van der Waals surface area contributed by atoms with Crippen LogP contribution in [-0.2, 0) is 13.2 Å². The zero-order valence-electron chi connectivity index (χ0n) is 22.9. The van der Waals surface area contributed by atoms with Crippen LogP contribution in [0.1, 0.15) is 34.7 Å². The molecular weight excluding hydrogens is 510 g/mol. The summed E-state index contributed by atoms with van der Waals surface area (Å²) in [4.78, 5) is 4.62. The molecule has 0 saturated heterocycles. The third kappa shape index (κ3) is 6.23. The molecule has 1 aliphatic heterocycles. The maximum Gasteiger partial charge on any atom is 0.162 e. The number of anilines is 1. The highest BCUT2D eigenvalue weighted by molar-refractivity contribution is 6.03. The molecule has 1 atom stereocenters. The van der Waals surface area contributed by atoms with Crippen LogP contribution in [0.3, 0.4) is 0 Å². The van der Waals surface area contributed by atoms with E-state index in [0.29, 0.717) is 31.1 Å². The van der Waals surface area contributed by atoms with Crippen LogP contribution < -0.4 is 19.2 Å². The van der Waals surface area contributed by atoms with Crippen molar-refractivity contribution >= 4 is 11.5 Å². The van der Waals surface area contributed by atoms with E-state index in [1.54, 1.807) is 13.3 Å². The molecule has 6 rings (SSSR count). The van der Waals surface area contributed by atoms with Gasteiger partial charge in [-0.3, -0.25) is 0 Å². The molecule has 0 radical (unpaired) electrons. The molecule has 0 spiro atoms. The van der Waals surface area contributed by atoms with Crippen LogP contribution in [0.25, 0.3) is 0 Å². The summed E-state index contributed by atoms with van der Waals surface area (Å²) >= 11 is 0. The van der Waals surface area contributed by atoms with Gasteiger partial charge in [0.25, 0.3) is 0 Å². The van der Waals surface area contributed by atoms with Crippen molar-refractivity contribution in [3.05, 3.63) is 150 Å². The molecule has 1 aliphatic rings. The maximum atomic E-state index is 6.38. The maximum absolute atomic E-state index is 6.38. The highest BCUT2D eigenvalue weighted by atomic mass is 16.5. The summed E-state index contributed by atoms with van der Waals surface area (Å²) < 4.78 is 18.1. The van der Waals surface area contributed by atoms with Gasteiger partial charge < -0.3 is 14.2 Å². The number of benzene rings is 4. The van der Waals surface area contributed by atoms with Crippen LogP contribution in [0.4, 0.5) is 5.82 Å². The molecule has 0 aliphatic carbocycles. The molecule has 0 N–H and O–H groups in total. The van der Waals surface area contributed by atoms with E-state index in [-0.39, 0.29) is 6.04 Å². The molecule has 6 nitrogen and oxygen atoms in total. The molecule has 4 aromatic carbocycles. The number of ether oxygens (including phenoxy) is 3. The molecule has 1 unspecified atom stereocenters. The topological polar surface area (TPSA) is 56.2 Å². The van der Waals surface area contributed by atoms with Gasteiger partial charge >= 0.3 is 0 Å². The zero-order chi connectivity index (χ0) is 27.9. The average molecular weight is 542 g/mol. The third-order valence-corrected chi connectivity index (χ3v) is 7.02. The standard InChI is InChI=1S/C35H31N3O3/c1-39-30-16-10-15-28(21-30)31-23-32(38(37-31)35-17-8-9-20-36-35)29-18-19-33(40-24-26-11-4-2-5-12-26)34(22-29)41-25-27-13-6-3-7-14-27/h2-22,32H,23-25H2,1H3. The normalized spacial score (nSPS) is 14.4. The number of pyridine rings is 1. The van der Waals surface area contributed by atoms with Crippen molar-refractivity contribution < 1.29 is 14.2 Å². The van der Waals surface area contributed by atoms with Gasteiger partial charge in [-0.1, -0.05) is 84.9 Å². The molecule has 2 heterocycles. The second-order valence-electron chi connectivity index (χ2n) is 9.79. The fourth-order valence-corrected chi connectivity index (χ4v) is 4.88. The highest BCUT2D eigenvalue weighted by Gasteiger charge is 2.31. The summed E-state index contributed by atoms with van der Waals surface area (Å²) in [5, 5.41) is 7.04. The second-order valence-corrected chi connectivity index (χ2v) is 9.79. The Balaban J connectivity index is 1.33. The molecule has 41 heavy (non-hydrogen) atoms. The summed E-state index contributed by atoms with van der Waals surface area (Å²) in [7, 11) is 1.68. The highest BCUT2D eigenvalue weighted by Crippen LogP contribution is 2.40. The number of hydrogen-bond acceptors (Lipinski definition) is 6. The SMILES string of the molecule is COc1cccc(C2=NN(c3ccccn3)C(c3ccc(OCc4ccccc4)c(OCc4ccccc4)c3)C2)c1. The van der Waals surface area contributed by atoms with Crippen LogP contribution in [0, 0.1) is 0 Å². The Morgan fingerprint density at radius 2 is 1.41 bits per heavy atom. The molecule has 204 valence electrons. The number of hydrazone groups is 1. The van der Waals surface area contributed by atoms with E-state index in [4.69, 9.17) is 19.3 Å². The second kappa shape index (κ2) is 12.4. The first-order valence-electron chi connectivity index (χ1n) is 13.7. The molecule has 0 bridgehead atoms.